The average molecular weight is 384 g/mol. The molecular weight excluding hydrogens is 359 g/mol. The minimum Gasteiger partial charge on any atom is -0.459 e. The monoisotopic (exact) mass is 384 g/mol. The molecule has 1 amide bonds. The van der Waals surface area contributed by atoms with Gasteiger partial charge in [0.1, 0.15) is 11.9 Å². The molecule has 148 valence electrons. The van der Waals surface area contributed by atoms with Gasteiger partial charge in [-0.3, -0.25) is 9.69 Å². The van der Waals surface area contributed by atoms with Gasteiger partial charge in [0.25, 0.3) is 0 Å². The molecule has 0 saturated carbocycles. The molecule has 0 unspecified atom stereocenters. The summed E-state index contributed by atoms with van der Waals surface area (Å²) in [6, 6.07) is 14.1. The molecule has 3 rings (SSSR count). The number of halogens is 1. The molecule has 6 heteroatoms. The Hall–Kier alpha value is -2.73. The molecule has 1 heterocycles. The Morgan fingerprint density at radius 3 is 2.71 bits per heavy atom. The predicted octanol–water partition coefficient (Wildman–Crippen LogP) is 3.85. The molecule has 1 aliphatic rings. The zero-order valence-corrected chi connectivity index (χ0v) is 16.2. The summed E-state index contributed by atoms with van der Waals surface area (Å²) < 4.78 is 19.4. The Balaban J connectivity index is 1.56. The maximum atomic E-state index is 13.8. The lowest BCUT2D eigenvalue weighted by molar-refractivity contribution is -0.114. The lowest BCUT2D eigenvalue weighted by atomic mass is 10.0. The SMILES string of the molecule is CC(=O)Nc1cc(C(=O)O[C@H](C)[C@@H]2CCN(Cc3ccccc3)C2)ccc1F. The number of hydrogen-bond acceptors (Lipinski definition) is 4. The normalized spacial score (nSPS) is 17.9. The highest BCUT2D eigenvalue weighted by Crippen LogP contribution is 2.25. The first kappa shape index (κ1) is 20.0. The smallest absolute Gasteiger partial charge is 0.338 e. The van der Waals surface area contributed by atoms with Crippen LogP contribution in [0.3, 0.4) is 0 Å². The summed E-state index contributed by atoms with van der Waals surface area (Å²) in [6.45, 7) is 5.89. The van der Waals surface area contributed by atoms with Crippen molar-refractivity contribution in [1.82, 2.24) is 4.90 Å². The van der Waals surface area contributed by atoms with Crippen LogP contribution >= 0.6 is 0 Å². The summed E-state index contributed by atoms with van der Waals surface area (Å²) in [7, 11) is 0. The maximum Gasteiger partial charge on any atom is 0.338 e. The van der Waals surface area contributed by atoms with Gasteiger partial charge in [0.2, 0.25) is 5.91 Å². The van der Waals surface area contributed by atoms with Gasteiger partial charge in [0.05, 0.1) is 11.3 Å². The van der Waals surface area contributed by atoms with Gasteiger partial charge >= 0.3 is 5.97 Å². The molecule has 5 nitrogen and oxygen atoms in total. The van der Waals surface area contributed by atoms with Gasteiger partial charge in [0.15, 0.2) is 0 Å². The van der Waals surface area contributed by atoms with Crippen LogP contribution in [0.25, 0.3) is 0 Å². The van der Waals surface area contributed by atoms with Crippen LogP contribution in [0, 0.1) is 11.7 Å². The van der Waals surface area contributed by atoms with Crippen LogP contribution in [0.2, 0.25) is 0 Å². The molecule has 1 fully saturated rings. The number of ether oxygens (including phenoxy) is 1. The molecule has 0 spiro atoms. The quantitative estimate of drug-likeness (QED) is 0.769. The zero-order valence-electron chi connectivity index (χ0n) is 16.2. The third-order valence-corrected chi connectivity index (χ3v) is 5.03. The van der Waals surface area contributed by atoms with Crippen LogP contribution in [0.4, 0.5) is 10.1 Å². The van der Waals surface area contributed by atoms with Crippen LogP contribution < -0.4 is 5.32 Å². The summed E-state index contributed by atoms with van der Waals surface area (Å²) in [5, 5.41) is 2.38. The van der Waals surface area contributed by atoms with Crippen LogP contribution in [0.5, 0.6) is 0 Å². The summed E-state index contributed by atoms with van der Waals surface area (Å²) in [5.41, 5.74) is 1.46. The Morgan fingerprint density at radius 1 is 1.25 bits per heavy atom. The molecule has 0 aromatic heterocycles. The number of nitrogens with one attached hydrogen (secondary N) is 1. The van der Waals surface area contributed by atoms with E-state index < -0.39 is 17.7 Å². The second kappa shape index (κ2) is 8.97. The summed E-state index contributed by atoms with van der Waals surface area (Å²) in [5.74, 6) is -1.25. The number of carbonyl (C=O) groups is 2. The van der Waals surface area contributed by atoms with Gasteiger partial charge in [-0.25, -0.2) is 9.18 Å². The molecule has 2 atom stereocenters. The van der Waals surface area contributed by atoms with Crippen molar-refractivity contribution < 1.29 is 18.7 Å². The first-order chi connectivity index (χ1) is 13.4. The average Bonchev–Trinajstić information content (AvgIpc) is 3.12. The molecule has 2 aromatic rings. The fourth-order valence-electron chi connectivity index (χ4n) is 3.50. The largest absolute Gasteiger partial charge is 0.459 e. The van der Waals surface area contributed by atoms with Gasteiger partial charge < -0.3 is 10.1 Å². The van der Waals surface area contributed by atoms with E-state index in [1.54, 1.807) is 0 Å². The van der Waals surface area contributed by atoms with Gasteiger partial charge in [-0.05, 0) is 43.7 Å². The molecule has 0 radical (unpaired) electrons. The van der Waals surface area contributed by atoms with Gasteiger partial charge in [-0.1, -0.05) is 30.3 Å². The van der Waals surface area contributed by atoms with Crippen molar-refractivity contribution >= 4 is 17.6 Å². The third kappa shape index (κ3) is 5.16. The van der Waals surface area contributed by atoms with Crippen LogP contribution in [-0.2, 0) is 16.1 Å². The summed E-state index contributed by atoms with van der Waals surface area (Å²) in [6.07, 6.45) is 0.713. The van der Waals surface area contributed by atoms with Crippen LogP contribution in [0.1, 0.15) is 36.2 Å². The van der Waals surface area contributed by atoms with E-state index in [1.165, 1.54) is 24.6 Å². The van der Waals surface area contributed by atoms with Crippen molar-refractivity contribution in [3.8, 4) is 0 Å². The number of hydrogen-bond donors (Lipinski definition) is 1. The molecule has 1 saturated heterocycles. The van der Waals surface area contributed by atoms with Crippen molar-refractivity contribution in [3.05, 3.63) is 65.5 Å². The Bertz CT molecular complexity index is 841. The molecule has 1 aliphatic heterocycles. The number of likely N-dealkylation sites (tertiary alicyclic amines) is 1. The predicted molar refractivity (Wildman–Crippen MR) is 105 cm³/mol. The summed E-state index contributed by atoms with van der Waals surface area (Å²) in [4.78, 5) is 26.0. The Kier molecular flexibility index (Phi) is 6.41. The number of esters is 1. The van der Waals surface area contributed by atoms with Gasteiger partial charge in [0, 0.05) is 25.9 Å². The lowest BCUT2D eigenvalue weighted by Crippen LogP contribution is -2.27. The van der Waals surface area contributed by atoms with E-state index in [2.05, 4.69) is 22.3 Å². The van der Waals surface area contributed by atoms with Crippen LogP contribution in [-0.4, -0.2) is 36.0 Å². The van der Waals surface area contributed by atoms with Crippen molar-refractivity contribution in [2.45, 2.75) is 32.9 Å². The van der Waals surface area contributed by atoms with E-state index in [0.29, 0.717) is 0 Å². The van der Waals surface area contributed by atoms with Crippen molar-refractivity contribution in [2.24, 2.45) is 5.92 Å². The number of carbonyl (C=O) groups excluding carboxylic acids is 2. The molecule has 0 aliphatic carbocycles. The van der Waals surface area contributed by atoms with E-state index in [4.69, 9.17) is 4.74 Å². The standard InChI is InChI=1S/C22H25FN2O3/c1-15(19-10-11-25(14-19)13-17-6-4-3-5-7-17)28-22(27)18-8-9-20(23)21(12-18)24-16(2)26/h3-9,12,15,19H,10-11,13-14H2,1-2H3,(H,24,26)/t15-,19-/m1/s1. The van der Waals surface area contributed by atoms with E-state index in [1.807, 2.05) is 25.1 Å². The summed E-state index contributed by atoms with van der Waals surface area (Å²) >= 11 is 0. The zero-order chi connectivity index (χ0) is 20.1. The highest BCUT2D eigenvalue weighted by Gasteiger charge is 2.29. The first-order valence-electron chi connectivity index (χ1n) is 9.47. The Morgan fingerprint density at radius 2 is 2.00 bits per heavy atom. The van der Waals surface area contributed by atoms with E-state index in [-0.39, 0.29) is 23.3 Å². The van der Waals surface area contributed by atoms with Gasteiger partial charge in [-0.15, -0.1) is 0 Å². The molecule has 0 bridgehead atoms. The van der Waals surface area contributed by atoms with E-state index in [9.17, 15) is 14.0 Å². The minimum atomic E-state index is -0.591. The number of amides is 1. The van der Waals surface area contributed by atoms with Gasteiger partial charge in [-0.2, -0.15) is 0 Å². The number of nitrogens with zero attached hydrogens (tertiary/aromatic N) is 1. The van der Waals surface area contributed by atoms with Crippen molar-refractivity contribution in [3.63, 3.8) is 0 Å². The number of anilines is 1. The third-order valence-electron chi connectivity index (χ3n) is 5.03. The highest BCUT2D eigenvalue weighted by molar-refractivity contribution is 5.93. The molecule has 28 heavy (non-hydrogen) atoms. The highest BCUT2D eigenvalue weighted by atomic mass is 19.1. The minimum absolute atomic E-state index is 0.0236. The second-order valence-corrected chi connectivity index (χ2v) is 7.26. The van der Waals surface area contributed by atoms with E-state index >= 15 is 0 Å². The van der Waals surface area contributed by atoms with Crippen molar-refractivity contribution in [1.29, 1.82) is 0 Å². The van der Waals surface area contributed by atoms with E-state index in [0.717, 1.165) is 32.1 Å². The van der Waals surface area contributed by atoms with Crippen LogP contribution in [0.15, 0.2) is 48.5 Å². The number of rotatable bonds is 6. The number of benzene rings is 2. The fraction of sp³-hybridized carbons (Fsp3) is 0.364. The van der Waals surface area contributed by atoms with Crippen molar-refractivity contribution in [2.75, 3.05) is 18.4 Å². The molecule has 1 N–H and O–H groups in total. The molecular formula is C22H25FN2O3. The Labute approximate surface area is 164 Å². The fourth-order valence-corrected chi connectivity index (χ4v) is 3.50. The first-order valence-corrected chi connectivity index (χ1v) is 9.47. The second-order valence-electron chi connectivity index (χ2n) is 7.26. The topological polar surface area (TPSA) is 58.6 Å². The molecule has 2 aromatic carbocycles. The maximum absolute atomic E-state index is 13.8. The lowest BCUT2D eigenvalue weighted by Gasteiger charge is -2.21.